The second kappa shape index (κ2) is 7.29. The van der Waals surface area contributed by atoms with E-state index in [1.54, 1.807) is 12.1 Å². The predicted molar refractivity (Wildman–Crippen MR) is 79.6 cm³/mol. The summed E-state index contributed by atoms with van der Waals surface area (Å²) in [5, 5.41) is 12.9. The Balaban J connectivity index is 2.36. The number of hydrogen-bond acceptors (Lipinski definition) is 3. The highest BCUT2D eigenvalue weighted by Crippen LogP contribution is 2.24. The van der Waals surface area contributed by atoms with Gasteiger partial charge in [0.1, 0.15) is 5.75 Å². The summed E-state index contributed by atoms with van der Waals surface area (Å²) in [7, 11) is 0. The van der Waals surface area contributed by atoms with Crippen LogP contribution < -0.4 is 10.1 Å². The molecule has 0 heterocycles. The Labute approximate surface area is 121 Å². The van der Waals surface area contributed by atoms with Crippen LogP contribution in [0.5, 0.6) is 5.75 Å². The van der Waals surface area contributed by atoms with E-state index in [-0.39, 0.29) is 23.8 Å². The van der Waals surface area contributed by atoms with Crippen LogP contribution in [0.4, 0.5) is 0 Å². The summed E-state index contributed by atoms with van der Waals surface area (Å²) >= 11 is 0. The van der Waals surface area contributed by atoms with Crippen LogP contribution >= 0.6 is 0 Å². The summed E-state index contributed by atoms with van der Waals surface area (Å²) in [6.45, 7) is 8.21. The van der Waals surface area contributed by atoms with E-state index in [1.807, 2.05) is 45.9 Å². The van der Waals surface area contributed by atoms with Crippen molar-refractivity contribution >= 4 is 5.91 Å². The largest absolute Gasteiger partial charge is 0.484 e. The van der Waals surface area contributed by atoms with E-state index in [1.165, 1.54) is 0 Å². The topological polar surface area (TPSA) is 58.6 Å². The van der Waals surface area contributed by atoms with E-state index < -0.39 is 6.10 Å². The van der Waals surface area contributed by atoms with Gasteiger partial charge in [-0.05, 0) is 18.1 Å². The molecule has 0 saturated carbocycles. The molecule has 0 fully saturated rings. The lowest BCUT2D eigenvalue weighted by Crippen LogP contribution is -2.44. The second-order valence-electron chi connectivity index (χ2n) is 6.06. The number of rotatable bonds is 7. The molecule has 2 N–H and O–H groups in total. The van der Waals surface area contributed by atoms with Crippen molar-refractivity contribution in [2.75, 3.05) is 13.2 Å². The molecule has 20 heavy (non-hydrogen) atoms. The quantitative estimate of drug-likeness (QED) is 0.804. The number of carbonyl (C=O) groups is 1. The van der Waals surface area contributed by atoms with Crippen LogP contribution in [0.3, 0.4) is 0 Å². The van der Waals surface area contributed by atoms with Crippen molar-refractivity contribution in [3.63, 3.8) is 0 Å². The molecule has 1 aromatic carbocycles. The lowest BCUT2D eigenvalue weighted by atomic mass is 9.81. The van der Waals surface area contributed by atoms with Crippen LogP contribution in [-0.4, -0.2) is 30.3 Å². The Morgan fingerprint density at radius 1 is 1.30 bits per heavy atom. The highest BCUT2D eigenvalue weighted by atomic mass is 16.5. The van der Waals surface area contributed by atoms with Crippen molar-refractivity contribution in [1.29, 1.82) is 0 Å². The van der Waals surface area contributed by atoms with Crippen molar-refractivity contribution in [2.24, 2.45) is 11.3 Å². The number of hydrogen-bond donors (Lipinski definition) is 2. The fourth-order valence-corrected chi connectivity index (χ4v) is 2.05. The van der Waals surface area contributed by atoms with Crippen LogP contribution in [0.1, 0.15) is 27.7 Å². The first-order valence-electron chi connectivity index (χ1n) is 6.95. The molecule has 0 aliphatic rings. The van der Waals surface area contributed by atoms with Gasteiger partial charge in [0, 0.05) is 12.0 Å². The SMILES string of the molecule is CC(C)C(O)C(C)(C)CNC(=O)COc1ccccc1. The third-order valence-electron chi connectivity index (χ3n) is 3.29. The van der Waals surface area contributed by atoms with E-state index in [0.717, 1.165) is 0 Å². The molecule has 112 valence electrons. The van der Waals surface area contributed by atoms with Gasteiger partial charge in [0.05, 0.1) is 6.10 Å². The molecule has 4 heteroatoms. The highest BCUT2D eigenvalue weighted by Gasteiger charge is 2.30. The summed E-state index contributed by atoms with van der Waals surface area (Å²) < 4.78 is 5.37. The molecular weight excluding hydrogens is 254 g/mol. The van der Waals surface area contributed by atoms with Gasteiger partial charge in [0.25, 0.3) is 5.91 Å². The number of benzene rings is 1. The van der Waals surface area contributed by atoms with E-state index in [4.69, 9.17) is 4.74 Å². The number of amides is 1. The first-order valence-corrected chi connectivity index (χ1v) is 6.95. The maximum Gasteiger partial charge on any atom is 0.257 e. The summed E-state index contributed by atoms with van der Waals surface area (Å²) in [5.74, 6) is 0.643. The van der Waals surface area contributed by atoms with E-state index in [2.05, 4.69) is 5.32 Å². The van der Waals surface area contributed by atoms with Crippen molar-refractivity contribution in [1.82, 2.24) is 5.32 Å². The first-order chi connectivity index (χ1) is 9.33. The zero-order valence-corrected chi connectivity index (χ0v) is 12.7. The van der Waals surface area contributed by atoms with Crippen molar-refractivity contribution < 1.29 is 14.6 Å². The Hall–Kier alpha value is -1.55. The molecule has 1 amide bonds. The Bertz CT molecular complexity index is 415. The number of nitrogens with one attached hydrogen (secondary N) is 1. The lowest BCUT2D eigenvalue weighted by Gasteiger charge is -2.33. The molecule has 1 atom stereocenters. The number of aliphatic hydroxyl groups is 1. The average Bonchev–Trinajstić information content (AvgIpc) is 2.43. The van der Waals surface area contributed by atoms with Gasteiger partial charge in [0.2, 0.25) is 0 Å². The van der Waals surface area contributed by atoms with Gasteiger partial charge in [-0.1, -0.05) is 45.9 Å². The third kappa shape index (κ3) is 5.21. The zero-order chi connectivity index (χ0) is 15.2. The van der Waals surface area contributed by atoms with Crippen LogP contribution in [0, 0.1) is 11.3 Å². The van der Waals surface area contributed by atoms with E-state index in [9.17, 15) is 9.90 Å². The fraction of sp³-hybridized carbons (Fsp3) is 0.562. The Morgan fingerprint density at radius 3 is 2.45 bits per heavy atom. The molecule has 0 radical (unpaired) electrons. The van der Waals surface area contributed by atoms with E-state index >= 15 is 0 Å². The standard InChI is InChI=1S/C16H25NO3/c1-12(2)15(19)16(3,4)11-17-14(18)10-20-13-8-6-5-7-9-13/h5-9,12,15,19H,10-11H2,1-4H3,(H,17,18). The lowest BCUT2D eigenvalue weighted by molar-refractivity contribution is -0.124. The number of aliphatic hydroxyl groups excluding tert-OH is 1. The van der Waals surface area contributed by atoms with Gasteiger partial charge in [-0.25, -0.2) is 0 Å². The van der Waals surface area contributed by atoms with Gasteiger partial charge >= 0.3 is 0 Å². The minimum absolute atomic E-state index is 0.0160. The molecule has 0 aromatic heterocycles. The summed E-state index contributed by atoms with van der Waals surface area (Å²) in [5.41, 5.74) is -0.365. The van der Waals surface area contributed by atoms with Crippen LogP contribution in [-0.2, 0) is 4.79 Å². The normalized spacial score (nSPS) is 13.1. The van der Waals surface area contributed by atoms with Gasteiger partial charge in [-0.2, -0.15) is 0 Å². The Kier molecular flexibility index (Phi) is 6.02. The van der Waals surface area contributed by atoms with Gasteiger partial charge in [-0.3, -0.25) is 4.79 Å². The number of carbonyl (C=O) groups excluding carboxylic acids is 1. The molecular formula is C16H25NO3. The molecule has 1 aromatic rings. The first kappa shape index (κ1) is 16.5. The minimum atomic E-state index is -0.460. The zero-order valence-electron chi connectivity index (χ0n) is 12.7. The molecule has 0 bridgehead atoms. The van der Waals surface area contributed by atoms with Gasteiger partial charge in [-0.15, -0.1) is 0 Å². The Morgan fingerprint density at radius 2 is 1.90 bits per heavy atom. The van der Waals surface area contributed by atoms with Gasteiger partial charge in [0.15, 0.2) is 6.61 Å². The molecule has 0 spiro atoms. The second-order valence-corrected chi connectivity index (χ2v) is 6.06. The smallest absolute Gasteiger partial charge is 0.257 e. The third-order valence-corrected chi connectivity index (χ3v) is 3.29. The minimum Gasteiger partial charge on any atom is -0.484 e. The number of para-hydroxylation sites is 1. The molecule has 4 nitrogen and oxygen atoms in total. The van der Waals surface area contributed by atoms with Gasteiger partial charge < -0.3 is 15.2 Å². The highest BCUT2D eigenvalue weighted by molar-refractivity contribution is 5.77. The molecule has 1 unspecified atom stereocenters. The summed E-state index contributed by atoms with van der Waals surface area (Å²) in [6, 6.07) is 9.22. The van der Waals surface area contributed by atoms with Crippen molar-refractivity contribution in [3.8, 4) is 5.75 Å². The maximum atomic E-state index is 11.7. The summed E-state index contributed by atoms with van der Waals surface area (Å²) in [6.07, 6.45) is -0.460. The van der Waals surface area contributed by atoms with E-state index in [0.29, 0.717) is 12.3 Å². The summed E-state index contributed by atoms with van der Waals surface area (Å²) in [4.78, 5) is 11.7. The number of ether oxygens (including phenoxy) is 1. The molecule has 1 rings (SSSR count). The monoisotopic (exact) mass is 279 g/mol. The van der Waals surface area contributed by atoms with Crippen molar-refractivity contribution in [3.05, 3.63) is 30.3 Å². The van der Waals surface area contributed by atoms with Crippen LogP contribution in [0.25, 0.3) is 0 Å². The van der Waals surface area contributed by atoms with Crippen LogP contribution in [0.2, 0.25) is 0 Å². The van der Waals surface area contributed by atoms with Crippen LogP contribution in [0.15, 0.2) is 30.3 Å². The molecule has 0 aliphatic heterocycles. The predicted octanol–water partition coefficient (Wildman–Crippen LogP) is 2.22. The van der Waals surface area contributed by atoms with Crippen molar-refractivity contribution in [2.45, 2.75) is 33.8 Å². The fourth-order valence-electron chi connectivity index (χ4n) is 2.05. The molecule has 0 aliphatic carbocycles. The average molecular weight is 279 g/mol. The molecule has 0 saturated heterocycles. The maximum absolute atomic E-state index is 11.7.